The van der Waals surface area contributed by atoms with Crippen LogP contribution in [0, 0.1) is 0 Å². The highest BCUT2D eigenvalue weighted by atomic mass is 31.2. The van der Waals surface area contributed by atoms with Crippen LogP contribution in [0.3, 0.4) is 0 Å². The largest absolute Gasteiger partial charge is 0.314 e. The van der Waals surface area contributed by atoms with Crippen LogP contribution < -0.4 is 10.6 Å². The van der Waals surface area contributed by atoms with Gasteiger partial charge < -0.3 is 4.57 Å². The van der Waals surface area contributed by atoms with Crippen LogP contribution in [0.4, 0.5) is 11.4 Å². The van der Waals surface area contributed by atoms with Crippen LogP contribution in [0.25, 0.3) is 0 Å². The number of aliphatic imine (C=N–C) groups is 2. The predicted molar refractivity (Wildman–Crippen MR) is 81.2 cm³/mol. The van der Waals surface area contributed by atoms with Gasteiger partial charge in [-0.15, -0.1) is 0 Å². The molecule has 0 spiro atoms. The third-order valence-corrected chi connectivity index (χ3v) is 5.52. The summed E-state index contributed by atoms with van der Waals surface area (Å²) in [6, 6.07) is 13.2. The fraction of sp³-hybridized carbons (Fsp3) is 0.0667. The zero-order valence-corrected chi connectivity index (χ0v) is 12.1. The highest BCUT2D eigenvalue weighted by molar-refractivity contribution is 7.78. The molecule has 0 saturated carbocycles. The van der Waals surface area contributed by atoms with Crippen molar-refractivity contribution in [3.63, 3.8) is 0 Å². The highest BCUT2D eigenvalue weighted by Crippen LogP contribution is 2.40. The average molecular weight is 298 g/mol. The maximum atomic E-state index is 13.0. The summed E-state index contributed by atoms with van der Waals surface area (Å²) in [5.41, 5.74) is 0.790. The maximum Gasteiger partial charge on any atom is 0.240 e. The molecule has 2 aromatic rings. The van der Waals surface area contributed by atoms with E-state index < -0.39 is 7.14 Å². The van der Waals surface area contributed by atoms with Crippen LogP contribution in [-0.2, 0) is 14.2 Å². The minimum atomic E-state index is -2.88. The first kappa shape index (κ1) is 14.8. The topological polar surface area (TPSA) is 75.9 Å². The number of rotatable bonds is 4. The van der Waals surface area contributed by atoms with Gasteiger partial charge in [0, 0.05) is 10.6 Å². The van der Waals surface area contributed by atoms with E-state index in [9.17, 15) is 14.2 Å². The first-order chi connectivity index (χ1) is 10.1. The molecular formula is C15H11N2O3P. The van der Waals surface area contributed by atoms with Gasteiger partial charge >= 0.3 is 0 Å². The minimum Gasteiger partial charge on any atom is -0.314 e. The summed E-state index contributed by atoms with van der Waals surface area (Å²) in [6.45, 7) is 1.61. The third kappa shape index (κ3) is 3.31. The number of isocyanates is 2. The molecule has 0 aromatic heterocycles. The van der Waals surface area contributed by atoms with Gasteiger partial charge in [-0.05, 0) is 30.9 Å². The molecule has 0 amide bonds. The Morgan fingerprint density at radius 3 is 1.67 bits per heavy atom. The van der Waals surface area contributed by atoms with Crippen molar-refractivity contribution in [2.45, 2.75) is 0 Å². The molecule has 0 aliphatic carbocycles. The molecule has 2 rings (SSSR count). The predicted octanol–water partition coefficient (Wildman–Crippen LogP) is 2.56. The van der Waals surface area contributed by atoms with Gasteiger partial charge in [-0.3, -0.25) is 0 Å². The van der Waals surface area contributed by atoms with Gasteiger partial charge in [0.2, 0.25) is 12.2 Å². The van der Waals surface area contributed by atoms with Gasteiger partial charge in [0.05, 0.1) is 11.4 Å². The van der Waals surface area contributed by atoms with E-state index in [0.717, 1.165) is 0 Å². The van der Waals surface area contributed by atoms with Crippen LogP contribution in [-0.4, -0.2) is 18.8 Å². The third-order valence-electron chi connectivity index (χ3n) is 2.99. The minimum absolute atomic E-state index is 0.395. The van der Waals surface area contributed by atoms with Crippen molar-refractivity contribution < 1.29 is 14.2 Å². The van der Waals surface area contributed by atoms with Crippen LogP contribution in [0.1, 0.15) is 0 Å². The summed E-state index contributed by atoms with van der Waals surface area (Å²) >= 11 is 0. The molecule has 0 bridgehead atoms. The summed E-state index contributed by atoms with van der Waals surface area (Å²) in [5.74, 6) is 0. The molecule has 6 heteroatoms. The Morgan fingerprint density at radius 1 is 0.857 bits per heavy atom. The number of hydrogen-bond acceptors (Lipinski definition) is 5. The van der Waals surface area contributed by atoms with Gasteiger partial charge in [-0.25, -0.2) is 9.59 Å². The van der Waals surface area contributed by atoms with E-state index >= 15 is 0 Å². The van der Waals surface area contributed by atoms with Gasteiger partial charge in [0.1, 0.15) is 7.14 Å². The molecule has 104 valence electrons. The molecule has 0 radical (unpaired) electrons. The summed E-state index contributed by atoms with van der Waals surface area (Å²) in [5, 5.41) is 1.12. The number of hydrogen-bond donors (Lipinski definition) is 0. The Morgan fingerprint density at radius 2 is 1.29 bits per heavy atom. The van der Waals surface area contributed by atoms with E-state index in [2.05, 4.69) is 9.98 Å². The van der Waals surface area contributed by atoms with E-state index in [0.29, 0.717) is 22.0 Å². The zero-order chi connectivity index (χ0) is 15.3. The molecule has 21 heavy (non-hydrogen) atoms. The van der Waals surface area contributed by atoms with Crippen molar-refractivity contribution in [2.24, 2.45) is 9.98 Å². The molecule has 2 aromatic carbocycles. The van der Waals surface area contributed by atoms with Crippen LogP contribution >= 0.6 is 7.14 Å². The summed E-state index contributed by atoms with van der Waals surface area (Å²) in [7, 11) is -2.88. The van der Waals surface area contributed by atoms with Crippen molar-refractivity contribution >= 4 is 41.3 Å². The normalized spacial score (nSPS) is 12.6. The Balaban J connectivity index is 2.53. The van der Waals surface area contributed by atoms with Crippen LogP contribution in [0.15, 0.2) is 58.5 Å². The first-order valence-electron chi connectivity index (χ1n) is 6.02. The Labute approximate surface area is 121 Å². The van der Waals surface area contributed by atoms with E-state index in [1.54, 1.807) is 55.2 Å². The number of nitrogens with zero attached hydrogens (tertiary/aromatic N) is 2. The number of benzene rings is 2. The van der Waals surface area contributed by atoms with Crippen molar-refractivity contribution in [3.05, 3.63) is 48.5 Å². The van der Waals surface area contributed by atoms with E-state index in [1.165, 1.54) is 12.2 Å². The second kappa shape index (κ2) is 6.25. The highest BCUT2D eigenvalue weighted by Gasteiger charge is 2.21. The maximum absolute atomic E-state index is 13.0. The summed E-state index contributed by atoms with van der Waals surface area (Å²) in [4.78, 5) is 27.7. The molecule has 0 unspecified atom stereocenters. The first-order valence-corrected chi connectivity index (χ1v) is 8.18. The fourth-order valence-electron chi connectivity index (χ4n) is 1.91. The molecule has 0 aliphatic rings. The van der Waals surface area contributed by atoms with Crippen molar-refractivity contribution in [3.8, 4) is 0 Å². The lowest BCUT2D eigenvalue weighted by Crippen LogP contribution is -2.14. The Bertz CT molecular complexity index is 754. The molecule has 0 atom stereocenters. The quantitative estimate of drug-likeness (QED) is 0.494. The molecule has 0 N–H and O–H groups in total. The molecule has 5 nitrogen and oxygen atoms in total. The molecule has 0 aliphatic heterocycles. The number of carbonyl (C=O) groups excluding carboxylic acids is 2. The lowest BCUT2D eigenvalue weighted by atomic mass is 10.3. The lowest BCUT2D eigenvalue weighted by molar-refractivity contribution is 0.564. The average Bonchev–Trinajstić information content (AvgIpc) is 2.48. The van der Waals surface area contributed by atoms with Gasteiger partial charge in [0.25, 0.3) is 0 Å². The smallest absolute Gasteiger partial charge is 0.240 e. The van der Waals surface area contributed by atoms with Gasteiger partial charge in [0.15, 0.2) is 0 Å². The standard InChI is InChI=1S/C15H11N2O3P/c1-21(20,14-6-2-4-12(8-14)16-10-18)15-7-3-5-13(9-15)17-11-19/h2-9H,1H3. The van der Waals surface area contributed by atoms with Crippen molar-refractivity contribution in [2.75, 3.05) is 6.66 Å². The fourth-order valence-corrected chi connectivity index (χ4v) is 3.71. The monoisotopic (exact) mass is 298 g/mol. The molecule has 0 fully saturated rings. The van der Waals surface area contributed by atoms with Crippen LogP contribution in [0.5, 0.6) is 0 Å². The summed E-state index contributed by atoms with van der Waals surface area (Å²) < 4.78 is 13.0. The Hall–Kier alpha value is -2.57. The molecule has 0 saturated heterocycles. The van der Waals surface area contributed by atoms with E-state index in [4.69, 9.17) is 0 Å². The van der Waals surface area contributed by atoms with Crippen molar-refractivity contribution in [1.29, 1.82) is 0 Å². The second-order valence-electron chi connectivity index (χ2n) is 4.37. The van der Waals surface area contributed by atoms with Gasteiger partial charge in [-0.1, -0.05) is 24.3 Å². The second-order valence-corrected chi connectivity index (χ2v) is 7.25. The Kier molecular flexibility index (Phi) is 4.42. The van der Waals surface area contributed by atoms with Gasteiger partial charge in [-0.2, -0.15) is 9.98 Å². The lowest BCUT2D eigenvalue weighted by Gasteiger charge is -2.14. The molecular weight excluding hydrogens is 287 g/mol. The van der Waals surface area contributed by atoms with E-state index in [1.807, 2.05) is 0 Å². The molecule has 0 heterocycles. The summed E-state index contributed by atoms with van der Waals surface area (Å²) in [6.07, 6.45) is 2.91. The van der Waals surface area contributed by atoms with Crippen LogP contribution in [0.2, 0.25) is 0 Å². The van der Waals surface area contributed by atoms with Crippen molar-refractivity contribution in [1.82, 2.24) is 0 Å². The SMILES string of the molecule is CP(=O)(c1cccc(N=C=O)c1)c1cccc(N=C=O)c1. The zero-order valence-electron chi connectivity index (χ0n) is 11.2. The van der Waals surface area contributed by atoms with E-state index in [-0.39, 0.29) is 0 Å².